The number of carbonyl (C=O) groups excluding carboxylic acids is 1. The Bertz CT molecular complexity index is 1220. The van der Waals surface area contributed by atoms with Crippen LogP contribution in [0.2, 0.25) is 0 Å². The highest BCUT2D eigenvalue weighted by Gasteiger charge is 2.30. The fraction of sp³-hybridized carbons (Fsp3) is 0.455. The summed E-state index contributed by atoms with van der Waals surface area (Å²) in [5.41, 5.74) is 1.43. The fourth-order valence-corrected chi connectivity index (χ4v) is 4.57. The first-order valence-corrected chi connectivity index (χ1v) is 12.8. The third-order valence-corrected chi connectivity index (χ3v) is 6.75. The summed E-state index contributed by atoms with van der Waals surface area (Å²) in [5, 5.41) is 7.73. The number of likely N-dealkylation sites (tertiary alicyclic amines) is 1. The maximum Gasteiger partial charge on any atom is 0.409 e. The second-order valence-corrected chi connectivity index (χ2v) is 10.7. The minimum atomic E-state index is -3.31. The number of anilines is 2. The molecule has 1 aliphatic heterocycles. The molecule has 0 radical (unpaired) electrons. The van der Waals surface area contributed by atoms with E-state index in [1.165, 1.54) is 12.6 Å². The van der Waals surface area contributed by atoms with Crippen LogP contribution in [0.1, 0.15) is 26.7 Å². The van der Waals surface area contributed by atoms with Crippen LogP contribution in [0.3, 0.4) is 0 Å². The van der Waals surface area contributed by atoms with Gasteiger partial charge in [0.05, 0.1) is 23.1 Å². The predicted octanol–water partition coefficient (Wildman–Crippen LogP) is 3.15. The zero-order valence-corrected chi connectivity index (χ0v) is 19.7. The monoisotopic (exact) mass is 472 g/mol. The van der Waals surface area contributed by atoms with Gasteiger partial charge in [0.1, 0.15) is 12.1 Å². The van der Waals surface area contributed by atoms with Crippen molar-refractivity contribution in [1.29, 1.82) is 0 Å². The van der Waals surface area contributed by atoms with Crippen LogP contribution in [0, 0.1) is 5.92 Å². The van der Waals surface area contributed by atoms with Crippen LogP contribution in [0.15, 0.2) is 41.7 Å². The van der Waals surface area contributed by atoms with Gasteiger partial charge in [-0.05, 0) is 43.0 Å². The van der Waals surface area contributed by atoms with Gasteiger partial charge in [-0.15, -0.1) is 0 Å². The van der Waals surface area contributed by atoms with Crippen molar-refractivity contribution < 1.29 is 17.9 Å². The number of rotatable bonds is 6. The Morgan fingerprint density at radius 2 is 1.91 bits per heavy atom. The molecule has 0 bridgehead atoms. The largest absolute Gasteiger partial charge is 0.449 e. The summed E-state index contributed by atoms with van der Waals surface area (Å²) in [6.45, 7) is 5.52. The number of piperidine rings is 1. The maximum atomic E-state index is 12.4. The number of sulfone groups is 1. The number of nitrogens with one attached hydrogen (secondary N) is 1. The van der Waals surface area contributed by atoms with Crippen LogP contribution < -0.4 is 4.90 Å². The summed E-state index contributed by atoms with van der Waals surface area (Å²) in [5.74, 6) is 0.966. The summed E-state index contributed by atoms with van der Waals surface area (Å²) < 4.78 is 29.2. The number of benzene rings is 1. The van der Waals surface area contributed by atoms with Crippen LogP contribution >= 0.6 is 0 Å². The average molecular weight is 473 g/mol. The molecule has 0 unspecified atom stereocenters. The molecule has 0 spiro atoms. The van der Waals surface area contributed by atoms with Gasteiger partial charge in [0.25, 0.3) is 0 Å². The van der Waals surface area contributed by atoms with Gasteiger partial charge < -0.3 is 14.5 Å². The van der Waals surface area contributed by atoms with Crippen molar-refractivity contribution in [3.63, 3.8) is 0 Å². The Hall–Kier alpha value is -3.21. The van der Waals surface area contributed by atoms with Gasteiger partial charge in [-0.1, -0.05) is 13.8 Å². The van der Waals surface area contributed by atoms with Crippen molar-refractivity contribution in [2.45, 2.75) is 37.6 Å². The number of hydrogen-bond acceptors (Lipinski definition) is 8. The van der Waals surface area contributed by atoms with Crippen LogP contribution in [0.4, 0.5) is 16.3 Å². The van der Waals surface area contributed by atoms with E-state index >= 15 is 0 Å². The Morgan fingerprint density at radius 1 is 1.21 bits per heavy atom. The summed E-state index contributed by atoms with van der Waals surface area (Å²) >= 11 is 0. The van der Waals surface area contributed by atoms with Crippen LogP contribution in [0.25, 0.3) is 11.0 Å². The SMILES string of the molecule is CC(C)COC(=O)N1CCC(N(c2ccc(S(C)(=O)=O)cc2)c2ncnc3[nH]ncc23)CC1. The average Bonchev–Trinajstić information content (AvgIpc) is 3.28. The Balaban J connectivity index is 1.62. The molecule has 0 aliphatic carbocycles. The zero-order chi connectivity index (χ0) is 23.6. The fourth-order valence-electron chi connectivity index (χ4n) is 3.94. The van der Waals surface area contributed by atoms with Gasteiger partial charge in [0.2, 0.25) is 0 Å². The molecule has 1 amide bonds. The molecule has 4 rings (SSSR count). The number of carbonyl (C=O) groups is 1. The van der Waals surface area contributed by atoms with E-state index in [2.05, 4.69) is 25.1 Å². The van der Waals surface area contributed by atoms with Crippen LogP contribution in [-0.4, -0.2) is 71.6 Å². The van der Waals surface area contributed by atoms with Crippen molar-refractivity contribution in [3.8, 4) is 0 Å². The molecule has 1 aromatic carbocycles. The van der Waals surface area contributed by atoms with Crippen molar-refractivity contribution in [2.24, 2.45) is 5.92 Å². The lowest BCUT2D eigenvalue weighted by Crippen LogP contribution is -2.46. The van der Waals surface area contributed by atoms with E-state index in [0.29, 0.717) is 44.0 Å². The highest BCUT2D eigenvalue weighted by molar-refractivity contribution is 7.90. The van der Waals surface area contributed by atoms with Crippen molar-refractivity contribution in [1.82, 2.24) is 25.1 Å². The first kappa shape index (κ1) is 23.0. The van der Waals surface area contributed by atoms with E-state index < -0.39 is 9.84 Å². The summed E-state index contributed by atoms with van der Waals surface area (Å²) in [6, 6.07) is 6.81. The second-order valence-electron chi connectivity index (χ2n) is 8.65. The van der Waals surface area contributed by atoms with Gasteiger partial charge >= 0.3 is 6.09 Å². The van der Waals surface area contributed by atoms with E-state index in [-0.39, 0.29) is 22.9 Å². The smallest absolute Gasteiger partial charge is 0.409 e. The summed E-state index contributed by atoms with van der Waals surface area (Å²) in [7, 11) is -3.31. The molecule has 0 atom stereocenters. The Morgan fingerprint density at radius 3 is 2.55 bits per heavy atom. The summed E-state index contributed by atoms with van der Waals surface area (Å²) in [4.78, 5) is 25.2. The van der Waals surface area contributed by atoms with E-state index in [1.54, 1.807) is 35.4 Å². The molecule has 1 aliphatic rings. The second kappa shape index (κ2) is 9.34. The van der Waals surface area contributed by atoms with Gasteiger partial charge in [-0.25, -0.2) is 23.2 Å². The molecular formula is C22H28N6O4S. The molecule has 2 aromatic heterocycles. The topological polar surface area (TPSA) is 121 Å². The molecule has 3 heterocycles. The number of aromatic nitrogens is 4. The molecule has 1 saturated heterocycles. The first-order chi connectivity index (χ1) is 15.7. The lowest BCUT2D eigenvalue weighted by Gasteiger charge is -2.39. The van der Waals surface area contributed by atoms with Crippen molar-refractivity contribution in [3.05, 3.63) is 36.8 Å². The molecule has 1 N–H and O–H groups in total. The molecule has 33 heavy (non-hydrogen) atoms. The third-order valence-electron chi connectivity index (χ3n) is 5.63. The number of ether oxygens (including phenoxy) is 1. The summed E-state index contributed by atoms with van der Waals surface area (Å²) in [6.07, 6.45) is 5.47. The zero-order valence-electron chi connectivity index (χ0n) is 18.9. The predicted molar refractivity (Wildman–Crippen MR) is 124 cm³/mol. The molecular weight excluding hydrogens is 444 g/mol. The van der Waals surface area contributed by atoms with Crippen LogP contribution in [-0.2, 0) is 14.6 Å². The lowest BCUT2D eigenvalue weighted by atomic mass is 10.0. The molecule has 3 aromatic rings. The Labute approximate surface area is 192 Å². The normalized spacial score (nSPS) is 15.2. The van der Waals surface area contributed by atoms with Crippen molar-refractivity contribution >= 4 is 38.5 Å². The number of amides is 1. The van der Waals surface area contributed by atoms with E-state index in [0.717, 1.165) is 11.1 Å². The number of H-pyrrole nitrogens is 1. The minimum absolute atomic E-state index is 0.0382. The number of fused-ring (bicyclic) bond motifs is 1. The third kappa shape index (κ3) is 5.08. The molecule has 1 fully saturated rings. The van der Waals surface area contributed by atoms with Gasteiger partial charge in [0, 0.05) is 31.1 Å². The van der Waals surface area contributed by atoms with Gasteiger partial charge in [0.15, 0.2) is 15.5 Å². The number of aromatic amines is 1. The first-order valence-electron chi connectivity index (χ1n) is 10.9. The van der Waals surface area contributed by atoms with E-state index in [9.17, 15) is 13.2 Å². The number of nitrogens with zero attached hydrogens (tertiary/aromatic N) is 5. The lowest BCUT2D eigenvalue weighted by molar-refractivity contribution is 0.0837. The quantitative estimate of drug-likeness (QED) is 0.581. The Kier molecular flexibility index (Phi) is 6.50. The highest BCUT2D eigenvalue weighted by Crippen LogP contribution is 2.34. The maximum absolute atomic E-state index is 12.4. The number of hydrogen-bond donors (Lipinski definition) is 1. The van der Waals surface area contributed by atoms with Crippen molar-refractivity contribution in [2.75, 3.05) is 30.9 Å². The van der Waals surface area contributed by atoms with E-state index in [1.807, 2.05) is 13.8 Å². The molecule has 0 saturated carbocycles. The van der Waals surface area contributed by atoms with E-state index in [4.69, 9.17) is 4.74 Å². The van der Waals surface area contributed by atoms with Crippen LogP contribution in [0.5, 0.6) is 0 Å². The van der Waals surface area contributed by atoms with Gasteiger partial charge in [-0.2, -0.15) is 5.10 Å². The van der Waals surface area contributed by atoms with Gasteiger partial charge in [-0.3, -0.25) is 5.10 Å². The standard InChI is InChI=1S/C22H28N6O4S/c1-15(2)13-32-22(29)27-10-8-17(9-11-27)28(16-4-6-18(7-5-16)33(3,30)31)21-19-12-25-26-20(19)23-14-24-21/h4-7,12,14-15,17H,8-11,13H2,1-3H3,(H,23,24,25,26). The molecule has 10 nitrogen and oxygen atoms in total. The minimum Gasteiger partial charge on any atom is -0.449 e. The molecule has 176 valence electrons. The highest BCUT2D eigenvalue weighted by atomic mass is 32.2. The molecule has 11 heteroatoms.